The van der Waals surface area contributed by atoms with Crippen LogP contribution in [0.4, 0.5) is 22.0 Å². The molecule has 144 valence electrons. The average Bonchev–Trinajstić information content (AvgIpc) is 2.59. The summed E-state index contributed by atoms with van der Waals surface area (Å²) in [7, 11) is 1.33. The molecule has 0 spiro atoms. The van der Waals surface area contributed by atoms with E-state index in [1.54, 1.807) is 24.3 Å². The van der Waals surface area contributed by atoms with Crippen LogP contribution in [0.2, 0.25) is 0 Å². The zero-order valence-corrected chi connectivity index (χ0v) is 14.4. The fourth-order valence-corrected chi connectivity index (χ4v) is 2.12. The molecule has 26 heavy (non-hydrogen) atoms. The molecule has 2 aromatic carbocycles. The fourth-order valence-electron chi connectivity index (χ4n) is 2.12. The summed E-state index contributed by atoms with van der Waals surface area (Å²) in [5.74, 6) is -4.85. The third-order valence-corrected chi connectivity index (χ3v) is 3.55. The Hall–Kier alpha value is -2.06. The van der Waals surface area contributed by atoms with Crippen molar-refractivity contribution in [2.24, 2.45) is 5.73 Å². The van der Waals surface area contributed by atoms with Crippen molar-refractivity contribution in [3.05, 3.63) is 59.7 Å². The number of hydrogen-bond acceptors (Lipinski definition) is 3. The molecule has 2 rings (SSSR count). The van der Waals surface area contributed by atoms with E-state index < -0.39 is 23.7 Å². The standard InChI is InChI=1S/C17H16F5NO2.ClH/c1-24-13-8-7-12(15(23)16(18,19)17(20,21)22)9-14(13)25-10-11-5-3-2-4-6-11;/h2-9,15H,10,23H2,1H3;1H/t15-;/m1./s1. The molecule has 2 N–H and O–H groups in total. The van der Waals surface area contributed by atoms with Gasteiger partial charge in [0.2, 0.25) is 0 Å². The quantitative estimate of drug-likeness (QED) is 0.706. The predicted molar refractivity (Wildman–Crippen MR) is 88.9 cm³/mol. The van der Waals surface area contributed by atoms with Gasteiger partial charge in [-0.2, -0.15) is 22.0 Å². The fraction of sp³-hybridized carbons (Fsp3) is 0.294. The molecule has 0 fully saturated rings. The molecule has 0 bridgehead atoms. The van der Waals surface area contributed by atoms with Gasteiger partial charge in [0, 0.05) is 0 Å². The van der Waals surface area contributed by atoms with Crippen molar-refractivity contribution in [1.82, 2.24) is 0 Å². The van der Waals surface area contributed by atoms with E-state index in [2.05, 4.69) is 0 Å². The van der Waals surface area contributed by atoms with Crippen molar-refractivity contribution < 1.29 is 31.4 Å². The van der Waals surface area contributed by atoms with Gasteiger partial charge >= 0.3 is 12.1 Å². The largest absolute Gasteiger partial charge is 0.493 e. The molecule has 0 aliphatic heterocycles. The first-order chi connectivity index (χ1) is 11.7. The molecule has 0 aromatic heterocycles. The first-order valence-electron chi connectivity index (χ1n) is 7.21. The second-order valence-corrected chi connectivity index (χ2v) is 5.28. The minimum atomic E-state index is -5.75. The zero-order chi connectivity index (χ0) is 18.7. The van der Waals surface area contributed by atoms with Crippen molar-refractivity contribution in [2.75, 3.05) is 7.11 Å². The van der Waals surface area contributed by atoms with E-state index in [9.17, 15) is 22.0 Å². The van der Waals surface area contributed by atoms with Crippen molar-refractivity contribution in [3.63, 3.8) is 0 Å². The lowest BCUT2D eigenvalue weighted by atomic mass is 10.0. The third-order valence-electron chi connectivity index (χ3n) is 3.55. The molecule has 9 heteroatoms. The van der Waals surface area contributed by atoms with Crippen LogP contribution in [0.5, 0.6) is 11.5 Å². The average molecular weight is 398 g/mol. The Morgan fingerprint density at radius 2 is 1.58 bits per heavy atom. The molecule has 0 aliphatic carbocycles. The smallest absolute Gasteiger partial charge is 0.455 e. The molecule has 0 unspecified atom stereocenters. The van der Waals surface area contributed by atoms with Gasteiger partial charge in [-0.05, 0) is 23.3 Å². The summed E-state index contributed by atoms with van der Waals surface area (Å²) >= 11 is 0. The molecule has 1 atom stereocenters. The lowest BCUT2D eigenvalue weighted by Crippen LogP contribution is -2.45. The van der Waals surface area contributed by atoms with Gasteiger partial charge < -0.3 is 15.2 Å². The Labute approximate surface area is 153 Å². The summed E-state index contributed by atoms with van der Waals surface area (Å²) in [6, 6.07) is 9.70. The van der Waals surface area contributed by atoms with Crippen LogP contribution >= 0.6 is 12.4 Å². The van der Waals surface area contributed by atoms with Gasteiger partial charge in [-0.3, -0.25) is 0 Å². The van der Waals surface area contributed by atoms with Gasteiger partial charge in [-0.25, -0.2) is 0 Å². The molecule has 0 radical (unpaired) electrons. The molecule has 0 amide bonds. The maximum atomic E-state index is 13.5. The SMILES string of the molecule is COc1ccc([C@@H](N)C(F)(F)C(F)(F)F)cc1OCc1ccccc1.Cl. The molecule has 0 aliphatic rings. The van der Waals surface area contributed by atoms with Gasteiger partial charge in [0.05, 0.1) is 7.11 Å². The van der Waals surface area contributed by atoms with E-state index >= 15 is 0 Å². The minimum Gasteiger partial charge on any atom is -0.493 e. The van der Waals surface area contributed by atoms with Crippen LogP contribution in [0.15, 0.2) is 48.5 Å². The highest BCUT2D eigenvalue weighted by molar-refractivity contribution is 5.85. The van der Waals surface area contributed by atoms with Crippen LogP contribution in [0.3, 0.4) is 0 Å². The Kier molecular flexibility index (Phi) is 7.23. The normalized spacial score (nSPS) is 12.9. The van der Waals surface area contributed by atoms with Gasteiger partial charge in [0.1, 0.15) is 12.6 Å². The Bertz CT molecular complexity index is 710. The summed E-state index contributed by atoms with van der Waals surface area (Å²) in [6.45, 7) is 0.0888. The number of ether oxygens (including phenoxy) is 2. The van der Waals surface area contributed by atoms with Gasteiger partial charge in [0.25, 0.3) is 0 Å². The van der Waals surface area contributed by atoms with E-state index in [1.807, 2.05) is 6.07 Å². The van der Waals surface area contributed by atoms with Crippen LogP contribution in [-0.4, -0.2) is 19.2 Å². The van der Waals surface area contributed by atoms with E-state index in [-0.39, 0.29) is 30.5 Å². The summed E-state index contributed by atoms with van der Waals surface area (Å²) in [5.41, 5.74) is 5.54. The lowest BCUT2D eigenvalue weighted by Gasteiger charge is -2.26. The van der Waals surface area contributed by atoms with Crippen molar-refractivity contribution in [1.29, 1.82) is 0 Å². The number of methoxy groups -OCH3 is 1. The van der Waals surface area contributed by atoms with E-state index in [1.165, 1.54) is 13.2 Å². The number of nitrogens with two attached hydrogens (primary N) is 1. The number of hydrogen-bond donors (Lipinski definition) is 1. The Balaban J connectivity index is 0.00000338. The van der Waals surface area contributed by atoms with Crippen LogP contribution < -0.4 is 15.2 Å². The summed E-state index contributed by atoms with van der Waals surface area (Å²) < 4.78 is 74.9. The number of halogens is 6. The van der Waals surface area contributed by atoms with Crippen LogP contribution in [0.25, 0.3) is 0 Å². The summed E-state index contributed by atoms with van der Waals surface area (Å²) in [6.07, 6.45) is -5.75. The highest BCUT2D eigenvalue weighted by Gasteiger charge is 2.61. The Morgan fingerprint density at radius 1 is 0.962 bits per heavy atom. The monoisotopic (exact) mass is 397 g/mol. The Morgan fingerprint density at radius 3 is 2.12 bits per heavy atom. The van der Waals surface area contributed by atoms with E-state index in [0.29, 0.717) is 0 Å². The molecule has 3 nitrogen and oxygen atoms in total. The first kappa shape index (κ1) is 22.0. The number of alkyl halides is 5. The van der Waals surface area contributed by atoms with Gasteiger partial charge in [-0.15, -0.1) is 12.4 Å². The van der Waals surface area contributed by atoms with Crippen molar-refractivity contribution in [3.8, 4) is 11.5 Å². The first-order valence-corrected chi connectivity index (χ1v) is 7.21. The predicted octanol–water partition coefficient (Wildman–Crippen LogP) is 4.89. The molecule has 0 saturated heterocycles. The topological polar surface area (TPSA) is 44.5 Å². The highest BCUT2D eigenvalue weighted by Crippen LogP contribution is 2.44. The van der Waals surface area contributed by atoms with Gasteiger partial charge in [-0.1, -0.05) is 36.4 Å². The second-order valence-electron chi connectivity index (χ2n) is 5.28. The van der Waals surface area contributed by atoms with E-state index in [0.717, 1.165) is 17.7 Å². The molecular weight excluding hydrogens is 381 g/mol. The maximum Gasteiger partial charge on any atom is 0.455 e. The minimum absolute atomic E-state index is 0. The molecule has 0 heterocycles. The van der Waals surface area contributed by atoms with E-state index in [4.69, 9.17) is 15.2 Å². The van der Waals surface area contributed by atoms with Gasteiger partial charge in [0.15, 0.2) is 11.5 Å². The highest BCUT2D eigenvalue weighted by atomic mass is 35.5. The van der Waals surface area contributed by atoms with Crippen LogP contribution in [-0.2, 0) is 6.61 Å². The number of rotatable bonds is 6. The number of benzene rings is 2. The van der Waals surface area contributed by atoms with Crippen molar-refractivity contribution >= 4 is 12.4 Å². The lowest BCUT2D eigenvalue weighted by molar-refractivity contribution is -0.291. The summed E-state index contributed by atoms with van der Waals surface area (Å²) in [5, 5.41) is 0. The van der Waals surface area contributed by atoms with Crippen LogP contribution in [0.1, 0.15) is 17.2 Å². The third kappa shape index (κ3) is 4.76. The van der Waals surface area contributed by atoms with Crippen molar-refractivity contribution in [2.45, 2.75) is 24.7 Å². The molecular formula is C17H17ClF5NO2. The van der Waals surface area contributed by atoms with Crippen LogP contribution in [0, 0.1) is 0 Å². The zero-order valence-electron chi connectivity index (χ0n) is 13.6. The maximum absolute atomic E-state index is 13.5. The molecule has 2 aromatic rings. The second kappa shape index (κ2) is 8.55. The summed E-state index contributed by atoms with van der Waals surface area (Å²) in [4.78, 5) is 0. The molecule has 0 saturated carbocycles.